The van der Waals surface area contributed by atoms with E-state index in [1.807, 2.05) is 54.6 Å². The minimum absolute atomic E-state index is 0.614. The molecule has 8 heteroatoms. The minimum atomic E-state index is 0.614. The zero-order valence-electron chi connectivity index (χ0n) is 64.1. The van der Waals surface area contributed by atoms with E-state index in [1.54, 1.807) is 0 Å². The summed E-state index contributed by atoms with van der Waals surface area (Å²) in [6.45, 7) is 0. The molecule has 0 bridgehead atoms. The van der Waals surface area contributed by atoms with Crippen LogP contribution in [0.4, 0.5) is 0 Å². The van der Waals surface area contributed by atoms with Gasteiger partial charge in [-0.05, 0) is 90.0 Å². The standard InChI is InChI=1S/C58H38N4.C52H34N4/c1-5-14-39(15-6-1)41-24-30-46(31-25-41)56-60-57(47-32-26-42(27-33-47)40-16-7-2-8-17-40)62-58(61-56)48-34-28-43(29-35-48)49-36-37-51-53(38-49)59-55(45-20-11-4-12-21-45)52-23-13-22-50(54(51)52)44-18-9-3-10-19-44;1-5-14-35(15-6-1)36-24-28-41(29-25-36)51-54-50(40-20-11-4-12-21-40)55-52(56-51)42-30-26-37(27-31-42)43-32-33-45-47(34-43)53-49(39-18-9-3-10-19-39)46-23-13-22-44(48(45)46)38-16-7-2-8-17-38/h1-38H;1-34H. The average Bonchev–Trinajstić information content (AvgIpc) is 0.744. The first kappa shape index (κ1) is 71.2. The van der Waals surface area contributed by atoms with E-state index in [0.717, 1.165) is 127 Å². The zero-order valence-corrected chi connectivity index (χ0v) is 64.1. The monoisotopic (exact) mass is 1500 g/mol. The summed E-state index contributed by atoms with van der Waals surface area (Å²) in [5, 5.41) is 6.94. The van der Waals surface area contributed by atoms with Crippen molar-refractivity contribution >= 4 is 43.4 Å². The van der Waals surface area contributed by atoms with Crippen LogP contribution in [0.2, 0.25) is 0 Å². The Morgan fingerprint density at radius 1 is 0.119 bits per heavy atom. The maximum Gasteiger partial charge on any atom is 0.164 e. The van der Waals surface area contributed by atoms with Gasteiger partial charge in [0.05, 0.1) is 22.4 Å². The minimum Gasteiger partial charge on any atom is -0.247 e. The lowest BCUT2D eigenvalue weighted by Crippen LogP contribution is -2.00. The van der Waals surface area contributed by atoms with Gasteiger partial charge in [0.25, 0.3) is 0 Å². The number of benzene rings is 17. The summed E-state index contributed by atoms with van der Waals surface area (Å²) in [5.41, 5.74) is 27.6. The summed E-state index contributed by atoms with van der Waals surface area (Å²) in [7, 11) is 0. The fourth-order valence-electron chi connectivity index (χ4n) is 15.9. The molecular weight excluding hydrogens is 1430 g/mol. The van der Waals surface area contributed by atoms with Crippen LogP contribution in [-0.4, -0.2) is 39.9 Å². The lowest BCUT2D eigenvalue weighted by atomic mass is 9.92. The highest BCUT2D eigenvalue weighted by molar-refractivity contribution is 6.19. The lowest BCUT2D eigenvalue weighted by molar-refractivity contribution is 1.07. The molecule has 0 fully saturated rings. The molecule has 0 unspecified atom stereocenters. The fourth-order valence-corrected chi connectivity index (χ4v) is 15.9. The first-order chi connectivity index (χ1) is 58.5. The molecule has 0 N–H and O–H groups in total. The summed E-state index contributed by atoms with van der Waals surface area (Å²) < 4.78 is 0. The SMILES string of the molecule is c1ccc(-c2ccc(-c3nc(-c4ccc(-c5ccccc5)cc4)nc(-c4ccc(-c5ccc6c(c5)nc(-c5ccccc5)c5cccc(-c7ccccc7)c56)cc4)n3)cc2)cc1.c1ccc(-c2ccc(-c3nc(-c4ccccc4)nc(-c4ccc(-c5ccc6c(c5)nc(-c5ccccc5)c5cccc(-c7ccccc7)c56)cc4)n3)cc2)cc1. The van der Waals surface area contributed by atoms with Crippen molar-refractivity contribution in [3.8, 4) is 169 Å². The smallest absolute Gasteiger partial charge is 0.164 e. The van der Waals surface area contributed by atoms with Crippen LogP contribution in [0, 0.1) is 0 Å². The molecule has 0 spiro atoms. The van der Waals surface area contributed by atoms with E-state index in [2.05, 4.69) is 382 Å². The second-order valence-corrected chi connectivity index (χ2v) is 29.3. The van der Waals surface area contributed by atoms with Gasteiger partial charge in [-0.25, -0.2) is 39.9 Å². The second kappa shape index (κ2) is 31.9. The van der Waals surface area contributed by atoms with E-state index >= 15 is 0 Å². The maximum atomic E-state index is 5.35. The number of hydrogen-bond acceptors (Lipinski definition) is 8. The average molecular weight is 1510 g/mol. The molecule has 17 aromatic carbocycles. The van der Waals surface area contributed by atoms with Crippen LogP contribution >= 0.6 is 0 Å². The van der Waals surface area contributed by atoms with Crippen molar-refractivity contribution in [3.05, 3.63) is 437 Å². The Bertz CT molecular complexity index is 7070. The summed E-state index contributed by atoms with van der Waals surface area (Å²) in [6, 6.07) is 152. The largest absolute Gasteiger partial charge is 0.247 e. The third-order valence-electron chi connectivity index (χ3n) is 21.9. The Morgan fingerprint density at radius 2 is 0.314 bits per heavy atom. The molecule has 21 rings (SSSR count). The Hall–Kier alpha value is -15.9. The van der Waals surface area contributed by atoms with E-state index in [4.69, 9.17) is 39.9 Å². The van der Waals surface area contributed by atoms with Gasteiger partial charge in [-0.3, -0.25) is 0 Å². The van der Waals surface area contributed by atoms with E-state index in [1.165, 1.54) is 49.7 Å². The van der Waals surface area contributed by atoms with Crippen molar-refractivity contribution in [1.82, 2.24) is 39.9 Å². The maximum absolute atomic E-state index is 5.35. The Labute approximate surface area is 684 Å². The van der Waals surface area contributed by atoms with Gasteiger partial charge >= 0.3 is 0 Å². The number of rotatable bonds is 15. The normalized spacial score (nSPS) is 11.2. The highest BCUT2D eigenvalue weighted by Gasteiger charge is 2.21. The zero-order chi connectivity index (χ0) is 78.5. The Balaban J connectivity index is 0.000000152. The quantitative estimate of drug-likeness (QED) is 0.0935. The molecule has 552 valence electrons. The summed E-state index contributed by atoms with van der Waals surface area (Å²) in [6.07, 6.45) is 0. The van der Waals surface area contributed by atoms with Gasteiger partial charge in [-0.1, -0.05) is 425 Å². The highest BCUT2D eigenvalue weighted by atomic mass is 15.0. The predicted molar refractivity (Wildman–Crippen MR) is 487 cm³/mol. The first-order valence-corrected chi connectivity index (χ1v) is 39.7. The van der Waals surface area contributed by atoms with E-state index < -0.39 is 0 Å². The molecule has 8 nitrogen and oxygen atoms in total. The molecule has 0 aliphatic carbocycles. The summed E-state index contributed by atoms with van der Waals surface area (Å²) in [4.78, 5) is 40.8. The molecule has 21 aromatic rings. The number of nitrogens with zero attached hydrogens (tertiary/aromatic N) is 8. The fraction of sp³-hybridized carbons (Fsp3) is 0. The molecule has 0 saturated heterocycles. The molecule has 0 saturated carbocycles. The lowest BCUT2D eigenvalue weighted by Gasteiger charge is -2.15. The topological polar surface area (TPSA) is 103 Å². The molecule has 0 radical (unpaired) electrons. The van der Waals surface area contributed by atoms with Gasteiger partial charge in [0, 0.05) is 76.8 Å². The van der Waals surface area contributed by atoms with Gasteiger partial charge < -0.3 is 0 Å². The van der Waals surface area contributed by atoms with E-state index in [-0.39, 0.29) is 0 Å². The van der Waals surface area contributed by atoms with Crippen molar-refractivity contribution in [1.29, 1.82) is 0 Å². The van der Waals surface area contributed by atoms with Crippen LogP contribution < -0.4 is 0 Å². The molecule has 4 aromatic heterocycles. The van der Waals surface area contributed by atoms with Crippen LogP contribution in [0.25, 0.3) is 212 Å². The van der Waals surface area contributed by atoms with Gasteiger partial charge in [0.1, 0.15) is 0 Å². The number of pyridine rings is 2. The van der Waals surface area contributed by atoms with Crippen molar-refractivity contribution in [2.75, 3.05) is 0 Å². The Morgan fingerprint density at radius 3 is 0.576 bits per heavy atom. The van der Waals surface area contributed by atoms with Crippen LogP contribution in [0.3, 0.4) is 0 Å². The van der Waals surface area contributed by atoms with Crippen LogP contribution in [0.5, 0.6) is 0 Å². The van der Waals surface area contributed by atoms with E-state index in [0.29, 0.717) is 34.9 Å². The third kappa shape index (κ3) is 14.5. The van der Waals surface area contributed by atoms with Gasteiger partial charge in [0.2, 0.25) is 0 Å². The molecule has 0 aliphatic rings. The van der Waals surface area contributed by atoms with Crippen LogP contribution in [0.15, 0.2) is 437 Å². The van der Waals surface area contributed by atoms with Gasteiger partial charge in [-0.2, -0.15) is 0 Å². The Kier molecular flexibility index (Phi) is 19.3. The highest BCUT2D eigenvalue weighted by Crippen LogP contribution is 2.43. The summed E-state index contributed by atoms with van der Waals surface area (Å²) in [5.74, 6) is 3.76. The van der Waals surface area contributed by atoms with Crippen molar-refractivity contribution in [3.63, 3.8) is 0 Å². The molecule has 0 atom stereocenters. The van der Waals surface area contributed by atoms with Crippen molar-refractivity contribution < 1.29 is 0 Å². The van der Waals surface area contributed by atoms with Crippen LogP contribution in [0.1, 0.15) is 0 Å². The summed E-state index contributed by atoms with van der Waals surface area (Å²) >= 11 is 0. The van der Waals surface area contributed by atoms with E-state index in [9.17, 15) is 0 Å². The third-order valence-corrected chi connectivity index (χ3v) is 21.9. The molecule has 4 heterocycles. The van der Waals surface area contributed by atoms with Gasteiger partial charge in [-0.15, -0.1) is 0 Å². The van der Waals surface area contributed by atoms with Gasteiger partial charge in [0.15, 0.2) is 34.9 Å². The molecule has 0 aliphatic heterocycles. The second-order valence-electron chi connectivity index (χ2n) is 29.3. The van der Waals surface area contributed by atoms with Crippen molar-refractivity contribution in [2.45, 2.75) is 0 Å². The first-order valence-electron chi connectivity index (χ1n) is 39.7. The number of fused-ring (bicyclic) bond motifs is 6. The van der Waals surface area contributed by atoms with Crippen LogP contribution in [-0.2, 0) is 0 Å². The van der Waals surface area contributed by atoms with Crippen molar-refractivity contribution in [2.24, 2.45) is 0 Å². The molecular formula is C110H72N8. The molecule has 0 amide bonds. The predicted octanol–water partition coefficient (Wildman–Crippen LogP) is 28.2. The molecule has 118 heavy (non-hydrogen) atoms. The number of aromatic nitrogens is 8. The number of hydrogen-bond donors (Lipinski definition) is 0.